The molecular formula is C16H19ClN2O2. The lowest BCUT2D eigenvalue weighted by Gasteiger charge is -2.10. The Balaban J connectivity index is 1.85. The third-order valence-electron chi connectivity index (χ3n) is 3.21. The normalized spacial score (nSPS) is 10.4. The molecule has 1 aromatic carbocycles. The molecule has 0 saturated carbocycles. The van der Waals surface area contributed by atoms with Crippen LogP contribution in [0.5, 0.6) is 11.5 Å². The molecule has 21 heavy (non-hydrogen) atoms. The molecule has 0 atom stereocenters. The number of rotatable bonds is 7. The zero-order valence-electron chi connectivity index (χ0n) is 12.2. The second kappa shape index (κ2) is 7.86. The van der Waals surface area contributed by atoms with Crippen LogP contribution in [0.1, 0.15) is 11.1 Å². The van der Waals surface area contributed by atoms with Crippen LogP contribution in [0.2, 0.25) is 5.02 Å². The summed E-state index contributed by atoms with van der Waals surface area (Å²) >= 11 is 6.06. The molecule has 2 aromatic rings. The van der Waals surface area contributed by atoms with Gasteiger partial charge >= 0.3 is 0 Å². The summed E-state index contributed by atoms with van der Waals surface area (Å²) in [5, 5.41) is 4.06. The van der Waals surface area contributed by atoms with E-state index in [1.165, 1.54) is 5.56 Å². The lowest BCUT2D eigenvalue weighted by atomic mass is 10.1. The van der Waals surface area contributed by atoms with Gasteiger partial charge in [-0.3, -0.25) is 4.98 Å². The summed E-state index contributed by atoms with van der Waals surface area (Å²) in [6.07, 6.45) is 4.31. The number of nitrogens with zero attached hydrogens (tertiary/aromatic N) is 1. The molecule has 2 rings (SSSR count). The largest absolute Gasteiger partial charge is 0.493 e. The summed E-state index contributed by atoms with van der Waals surface area (Å²) in [5.41, 5.74) is 2.25. The Labute approximate surface area is 130 Å². The average Bonchev–Trinajstić information content (AvgIpc) is 2.52. The zero-order valence-corrected chi connectivity index (χ0v) is 13.0. The predicted octanol–water partition coefficient (Wildman–Crippen LogP) is 3.08. The second-order valence-electron chi connectivity index (χ2n) is 4.58. The molecule has 0 unspecified atom stereocenters. The van der Waals surface area contributed by atoms with E-state index in [0.717, 1.165) is 36.6 Å². The van der Waals surface area contributed by atoms with Crippen LogP contribution < -0.4 is 14.8 Å². The van der Waals surface area contributed by atoms with E-state index in [9.17, 15) is 0 Å². The fourth-order valence-corrected chi connectivity index (χ4v) is 2.23. The molecule has 112 valence electrons. The summed E-state index contributed by atoms with van der Waals surface area (Å²) in [5.74, 6) is 1.50. The average molecular weight is 307 g/mol. The summed E-state index contributed by atoms with van der Waals surface area (Å²) in [6, 6.07) is 7.89. The highest BCUT2D eigenvalue weighted by atomic mass is 35.5. The van der Waals surface area contributed by atoms with Crippen LogP contribution in [0.15, 0.2) is 36.7 Å². The van der Waals surface area contributed by atoms with Crippen LogP contribution in [0.25, 0.3) is 0 Å². The molecule has 0 aliphatic heterocycles. The number of methoxy groups -OCH3 is 2. The third-order valence-corrected chi connectivity index (χ3v) is 3.55. The van der Waals surface area contributed by atoms with Gasteiger partial charge in [-0.15, -0.1) is 0 Å². The van der Waals surface area contributed by atoms with Gasteiger partial charge in [0.2, 0.25) is 0 Å². The fourth-order valence-electron chi connectivity index (χ4n) is 2.04. The standard InChI is InChI=1S/C16H19ClN2O2/c1-20-15-4-3-12(9-16(15)21-2)5-7-18-10-13-6-8-19-11-14(13)17/h3-4,6,8-9,11,18H,5,7,10H2,1-2H3. The van der Waals surface area contributed by atoms with Gasteiger partial charge in [0.05, 0.1) is 19.2 Å². The van der Waals surface area contributed by atoms with E-state index in [-0.39, 0.29) is 0 Å². The summed E-state index contributed by atoms with van der Waals surface area (Å²) in [7, 11) is 3.28. The Hall–Kier alpha value is -1.78. The van der Waals surface area contributed by atoms with Crippen molar-refractivity contribution in [3.63, 3.8) is 0 Å². The van der Waals surface area contributed by atoms with Crippen LogP contribution >= 0.6 is 11.6 Å². The minimum absolute atomic E-state index is 0.691. The number of nitrogens with one attached hydrogen (secondary N) is 1. The van der Waals surface area contributed by atoms with Crippen molar-refractivity contribution in [2.24, 2.45) is 0 Å². The molecule has 0 fully saturated rings. The molecular weight excluding hydrogens is 288 g/mol. The molecule has 0 radical (unpaired) electrons. The van der Waals surface area contributed by atoms with Crippen LogP contribution in [0, 0.1) is 0 Å². The number of hydrogen-bond donors (Lipinski definition) is 1. The van der Waals surface area contributed by atoms with E-state index in [1.807, 2.05) is 24.3 Å². The lowest BCUT2D eigenvalue weighted by Crippen LogP contribution is -2.17. The fraction of sp³-hybridized carbons (Fsp3) is 0.312. The monoisotopic (exact) mass is 306 g/mol. The summed E-state index contributed by atoms with van der Waals surface area (Å²) in [4.78, 5) is 3.97. The van der Waals surface area contributed by atoms with Crippen molar-refractivity contribution >= 4 is 11.6 Å². The van der Waals surface area contributed by atoms with Crippen molar-refractivity contribution in [3.05, 3.63) is 52.8 Å². The van der Waals surface area contributed by atoms with E-state index in [0.29, 0.717) is 5.02 Å². The number of benzene rings is 1. The SMILES string of the molecule is COc1ccc(CCNCc2ccncc2Cl)cc1OC. The van der Waals surface area contributed by atoms with E-state index >= 15 is 0 Å². The zero-order chi connectivity index (χ0) is 15.1. The smallest absolute Gasteiger partial charge is 0.160 e. The highest BCUT2D eigenvalue weighted by Crippen LogP contribution is 2.27. The van der Waals surface area contributed by atoms with Crippen molar-refractivity contribution in [2.45, 2.75) is 13.0 Å². The van der Waals surface area contributed by atoms with E-state index < -0.39 is 0 Å². The third kappa shape index (κ3) is 4.34. The first kappa shape index (κ1) is 15.6. The Kier molecular flexibility index (Phi) is 5.84. The highest BCUT2D eigenvalue weighted by Gasteiger charge is 2.04. The first-order valence-corrected chi connectivity index (χ1v) is 7.12. The van der Waals surface area contributed by atoms with Gasteiger partial charge in [0.1, 0.15) is 0 Å². The van der Waals surface area contributed by atoms with Crippen LogP contribution in [-0.4, -0.2) is 25.7 Å². The Morgan fingerprint density at radius 2 is 1.95 bits per heavy atom. The van der Waals surface area contributed by atoms with Crippen LogP contribution in [0.4, 0.5) is 0 Å². The van der Waals surface area contributed by atoms with Crippen LogP contribution in [-0.2, 0) is 13.0 Å². The molecule has 0 aliphatic carbocycles. The van der Waals surface area contributed by atoms with Crippen molar-refractivity contribution < 1.29 is 9.47 Å². The van der Waals surface area contributed by atoms with Gasteiger partial charge in [-0.05, 0) is 42.3 Å². The minimum Gasteiger partial charge on any atom is -0.493 e. The number of hydrogen-bond acceptors (Lipinski definition) is 4. The molecule has 1 N–H and O–H groups in total. The summed E-state index contributed by atoms with van der Waals surface area (Å²) in [6.45, 7) is 1.59. The first-order valence-electron chi connectivity index (χ1n) is 6.74. The highest BCUT2D eigenvalue weighted by molar-refractivity contribution is 6.31. The van der Waals surface area contributed by atoms with Gasteiger partial charge in [0.25, 0.3) is 0 Å². The Morgan fingerprint density at radius 1 is 1.14 bits per heavy atom. The van der Waals surface area contributed by atoms with Gasteiger partial charge in [-0.25, -0.2) is 0 Å². The maximum absolute atomic E-state index is 6.06. The maximum atomic E-state index is 6.06. The second-order valence-corrected chi connectivity index (χ2v) is 4.99. The predicted molar refractivity (Wildman–Crippen MR) is 84.2 cm³/mol. The van der Waals surface area contributed by atoms with Crippen molar-refractivity contribution in [2.75, 3.05) is 20.8 Å². The van der Waals surface area contributed by atoms with Gasteiger partial charge in [0.15, 0.2) is 11.5 Å². The molecule has 0 bridgehead atoms. The van der Waals surface area contributed by atoms with Gasteiger partial charge < -0.3 is 14.8 Å². The Morgan fingerprint density at radius 3 is 2.67 bits per heavy atom. The van der Waals surface area contributed by atoms with Crippen molar-refractivity contribution in [3.8, 4) is 11.5 Å². The topological polar surface area (TPSA) is 43.4 Å². The Bertz CT molecular complexity index is 590. The summed E-state index contributed by atoms with van der Waals surface area (Å²) < 4.78 is 10.5. The number of aromatic nitrogens is 1. The molecule has 1 aromatic heterocycles. The molecule has 1 heterocycles. The first-order chi connectivity index (χ1) is 10.2. The number of halogens is 1. The lowest BCUT2D eigenvalue weighted by molar-refractivity contribution is 0.354. The molecule has 0 aliphatic rings. The van der Waals surface area contributed by atoms with Crippen LogP contribution in [0.3, 0.4) is 0 Å². The van der Waals surface area contributed by atoms with E-state index in [4.69, 9.17) is 21.1 Å². The number of ether oxygens (including phenoxy) is 2. The minimum atomic E-state index is 0.691. The molecule has 0 amide bonds. The quantitative estimate of drug-likeness (QED) is 0.798. The van der Waals surface area contributed by atoms with E-state index in [1.54, 1.807) is 26.6 Å². The maximum Gasteiger partial charge on any atom is 0.160 e. The van der Waals surface area contributed by atoms with Crippen molar-refractivity contribution in [1.82, 2.24) is 10.3 Å². The molecule has 4 nitrogen and oxygen atoms in total. The number of pyridine rings is 1. The van der Waals surface area contributed by atoms with E-state index in [2.05, 4.69) is 10.3 Å². The molecule has 0 saturated heterocycles. The molecule has 0 spiro atoms. The van der Waals surface area contributed by atoms with Crippen molar-refractivity contribution in [1.29, 1.82) is 0 Å². The van der Waals surface area contributed by atoms with Gasteiger partial charge in [-0.2, -0.15) is 0 Å². The van der Waals surface area contributed by atoms with Gasteiger partial charge in [0, 0.05) is 18.9 Å². The van der Waals surface area contributed by atoms with Gasteiger partial charge in [-0.1, -0.05) is 17.7 Å². The molecule has 5 heteroatoms.